The summed E-state index contributed by atoms with van der Waals surface area (Å²) in [6.07, 6.45) is 3.57. The molecule has 0 spiro atoms. The summed E-state index contributed by atoms with van der Waals surface area (Å²) in [6, 6.07) is 73.3. The van der Waals surface area contributed by atoms with Crippen LogP contribution in [0.2, 0.25) is 0 Å². The predicted molar refractivity (Wildman–Crippen MR) is 225 cm³/mol. The molecule has 0 N–H and O–H groups in total. The fourth-order valence-corrected chi connectivity index (χ4v) is 10.6. The molecule has 6 heteroatoms. The molecule has 7 aromatic rings. The minimum Gasteiger partial charge on any atom is -0.0622 e. The van der Waals surface area contributed by atoms with Crippen LogP contribution in [0.3, 0.4) is 0 Å². The number of halogens is 2. The number of hydrogen-bond acceptors (Lipinski definition) is 0. The Hall–Kier alpha value is -2.83. The zero-order valence-corrected chi connectivity index (χ0v) is 35.2. The third kappa shape index (κ3) is 12.9. The standard InChI is InChI=1S/2C18H15P.C10H11.2ClH.2Pd/c2*1-4-10-16(11-5-1)19(17-12-6-2-7-13-17)18-14-8-3-9-15-18;1-8-6-9-4-2-3-5-10(9)7-8;;;;/h2*1-15H;2-6,8H,7H2,1H3;2*1H;;/q;;-1;;;2*+2/p-2. The first kappa shape index (κ1) is 41.9. The van der Waals surface area contributed by atoms with Crippen LogP contribution in [-0.4, -0.2) is 0 Å². The zero-order chi connectivity index (χ0) is 36.8. The monoisotopic (exact) mass is 937 g/mol. The minimum atomic E-state index is -0.446. The summed E-state index contributed by atoms with van der Waals surface area (Å²) in [4.78, 5) is 0. The molecule has 1 aliphatic carbocycles. The quantitative estimate of drug-likeness (QED) is 0.0886. The molecule has 1 aliphatic rings. The molecule has 1 unspecified atom stereocenters. The van der Waals surface area contributed by atoms with Crippen LogP contribution in [-0.2, 0) is 42.8 Å². The topological polar surface area (TPSA) is 0 Å². The molecule has 0 amide bonds. The molecule has 268 valence electrons. The van der Waals surface area contributed by atoms with E-state index in [1.54, 1.807) is 0 Å². The Kier molecular flexibility index (Phi) is 19.7. The van der Waals surface area contributed by atoms with E-state index >= 15 is 0 Å². The van der Waals surface area contributed by atoms with Crippen molar-refractivity contribution in [1.29, 1.82) is 0 Å². The molecule has 52 heavy (non-hydrogen) atoms. The maximum absolute atomic E-state index is 4.49. The maximum Gasteiger partial charge on any atom is -0.0134 e. The Morgan fingerprint density at radius 3 is 0.865 bits per heavy atom. The normalized spacial score (nSPS) is 12.2. The van der Waals surface area contributed by atoms with E-state index in [1.807, 2.05) is 0 Å². The van der Waals surface area contributed by atoms with Crippen molar-refractivity contribution in [3.8, 4) is 0 Å². The van der Waals surface area contributed by atoms with E-state index in [0.29, 0.717) is 0 Å². The van der Waals surface area contributed by atoms with Crippen LogP contribution in [0.1, 0.15) is 18.1 Å². The first-order valence-corrected chi connectivity index (χ1v) is 23.5. The summed E-state index contributed by atoms with van der Waals surface area (Å²) < 4.78 is 0. The van der Waals surface area contributed by atoms with E-state index in [9.17, 15) is 0 Å². The van der Waals surface area contributed by atoms with Gasteiger partial charge < -0.3 is 0 Å². The summed E-state index contributed by atoms with van der Waals surface area (Å²) in [5.41, 5.74) is 2.95. The van der Waals surface area contributed by atoms with E-state index < -0.39 is 15.8 Å². The van der Waals surface area contributed by atoms with Crippen molar-refractivity contribution in [2.24, 2.45) is 5.92 Å². The molecule has 0 fully saturated rings. The number of rotatable bonds is 6. The van der Waals surface area contributed by atoms with Gasteiger partial charge in [-0.2, -0.15) is 18.1 Å². The van der Waals surface area contributed by atoms with Gasteiger partial charge in [0, 0.05) is 0 Å². The van der Waals surface area contributed by atoms with Crippen molar-refractivity contribution in [1.82, 2.24) is 0 Å². The fourth-order valence-electron chi connectivity index (χ4n) is 5.95. The summed E-state index contributed by atoms with van der Waals surface area (Å²) >= 11 is 4.44. The molecule has 0 radical (unpaired) electrons. The maximum atomic E-state index is 4.49. The molecule has 0 saturated carbocycles. The van der Waals surface area contributed by atoms with Gasteiger partial charge in [-0.05, 0) is 47.7 Å². The van der Waals surface area contributed by atoms with Gasteiger partial charge in [-0.1, -0.05) is 207 Å². The summed E-state index contributed by atoms with van der Waals surface area (Å²) in [5.74, 6) is 0.748. The van der Waals surface area contributed by atoms with Crippen molar-refractivity contribution in [2.75, 3.05) is 0 Å². The van der Waals surface area contributed by atoms with Crippen molar-refractivity contribution in [3.63, 3.8) is 0 Å². The number of fused-ring (bicyclic) bond motifs is 1. The number of benzene rings is 7. The average molecular weight is 940 g/mol. The minimum absolute atomic E-state index is 0.446. The molecule has 0 heterocycles. The van der Waals surface area contributed by atoms with E-state index in [0.717, 1.165) is 5.92 Å². The van der Waals surface area contributed by atoms with Crippen molar-refractivity contribution >= 4 is 66.7 Å². The first-order chi connectivity index (χ1) is 25.8. The van der Waals surface area contributed by atoms with Gasteiger partial charge in [0.2, 0.25) is 0 Å². The molecule has 0 aliphatic heterocycles. The van der Waals surface area contributed by atoms with Crippen LogP contribution in [0.5, 0.6) is 0 Å². The van der Waals surface area contributed by atoms with E-state index in [-0.39, 0.29) is 0 Å². The van der Waals surface area contributed by atoms with Crippen molar-refractivity contribution in [3.05, 3.63) is 224 Å². The van der Waals surface area contributed by atoms with Gasteiger partial charge >= 0.3 is 55.4 Å². The molecule has 0 saturated heterocycles. The van der Waals surface area contributed by atoms with Crippen LogP contribution in [0, 0.1) is 12.3 Å². The second-order valence-corrected chi connectivity index (χ2v) is 16.2. The Labute approximate surface area is 343 Å². The van der Waals surface area contributed by atoms with E-state index in [4.69, 9.17) is 0 Å². The summed E-state index contributed by atoms with van der Waals surface area (Å²) in [6.45, 7) is 2.26. The molecule has 0 bridgehead atoms. The molecular formula is C46H41Cl2P2Pd2+. The third-order valence-electron chi connectivity index (χ3n) is 8.15. The van der Waals surface area contributed by atoms with Crippen LogP contribution < -0.4 is 31.8 Å². The van der Waals surface area contributed by atoms with Crippen LogP contribution in [0.15, 0.2) is 206 Å². The summed E-state index contributed by atoms with van der Waals surface area (Å²) in [5, 5.41) is 8.39. The molecule has 1 atom stereocenters. The fraction of sp³-hybridized carbons (Fsp3) is 0.0652. The van der Waals surface area contributed by atoms with Gasteiger partial charge in [-0.3, -0.25) is 0 Å². The Bertz CT molecular complexity index is 1600. The number of hydrogen-bond donors (Lipinski definition) is 0. The average Bonchev–Trinajstić information content (AvgIpc) is 3.63. The van der Waals surface area contributed by atoms with Gasteiger partial charge in [0.05, 0.1) is 0 Å². The molecule has 8 rings (SSSR count). The first-order valence-electron chi connectivity index (χ1n) is 16.8. The Morgan fingerprint density at radius 1 is 0.385 bits per heavy atom. The van der Waals surface area contributed by atoms with Crippen molar-refractivity contribution < 1.29 is 36.4 Å². The Balaban J connectivity index is 0.000000173. The van der Waals surface area contributed by atoms with Gasteiger partial charge in [0.25, 0.3) is 0 Å². The summed E-state index contributed by atoms with van der Waals surface area (Å²) in [7, 11) is 8.09. The molecule has 0 aromatic heterocycles. The second-order valence-electron chi connectivity index (χ2n) is 11.7. The van der Waals surface area contributed by atoms with Crippen LogP contribution in [0.25, 0.3) is 0 Å². The smallest absolute Gasteiger partial charge is 0.0134 e. The Morgan fingerprint density at radius 2 is 0.615 bits per heavy atom. The zero-order valence-electron chi connectivity index (χ0n) is 28.8. The van der Waals surface area contributed by atoms with Crippen LogP contribution >= 0.6 is 34.9 Å². The van der Waals surface area contributed by atoms with E-state index in [1.165, 1.54) is 49.4 Å². The largest absolute Gasteiger partial charge is 0.0622 e. The molecule has 7 aromatic carbocycles. The van der Waals surface area contributed by atoms with Gasteiger partial charge in [0.1, 0.15) is 0 Å². The SMILES string of the molecule is CC1[CH-]c2ccccc2C1.[Cl][Pd+].[Cl][Pd+].c1ccc(P(c2ccccc2)c2ccccc2)cc1.c1ccc(P(c2ccccc2)c2ccccc2)cc1. The van der Waals surface area contributed by atoms with Gasteiger partial charge in [0.15, 0.2) is 0 Å². The van der Waals surface area contributed by atoms with Gasteiger partial charge in [-0.25, -0.2) is 0 Å². The second kappa shape index (κ2) is 24.5. The molecule has 0 nitrogen and oxygen atoms in total. The van der Waals surface area contributed by atoms with Crippen molar-refractivity contribution in [2.45, 2.75) is 13.3 Å². The van der Waals surface area contributed by atoms with Gasteiger partial charge in [-0.15, -0.1) is 17.7 Å². The van der Waals surface area contributed by atoms with E-state index in [2.05, 4.69) is 275 Å². The molecular weight excluding hydrogens is 898 g/mol. The predicted octanol–water partition coefficient (Wildman–Crippen LogP) is 10.7. The third-order valence-corrected chi connectivity index (χ3v) is 13.0. The van der Waals surface area contributed by atoms with Crippen LogP contribution in [0.4, 0.5) is 0 Å².